The minimum Gasteiger partial charge on any atom is -0.461 e. The first-order chi connectivity index (χ1) is 8.61. The molecule has 0 amide bonds. The molecule has 0 saturated heterocycles. The van der Waals surface area contributed by atoms with Crippen molar-refractivity contribution in [3.8, 4) is 6.01 Å². The largest absolute Gasteiger partial charge is 0.461 e. The van der Waals surface area contributed by atoms with Crippen molar-refractivity contribution in [2.45, 2.75) is 32.8 Å². The summed E-state index contributed by atoms with van der Waals surface area (Å²) >= 11 is 0. The predicted molar refractivity (Wildman–Crippen MR) is 69.6 cm³/mol. The zero-order valence-electron chi connectivity index (χ0n) is 11.1. The Labute approximate surface area is 107 Å². The van der Waals surface area contributed by atoms with Crippen LogP contribution in [0.25, 0.3) is 0 Å². The van der Waals surface area contributed by atoms with E-state index in [4.69, 9.17) is 15.2 Å². The lowest BCUT2D eigenvalue weighted by molar-refractivity contribution is 0.193. The molecule has 0 aromatic carbocycles. The molecule has 0 aliphatic rings. The minimum atomic E-state index is 0.00125. The Bertz CT molecular complexity index is 359. The Morgan fingerprint density at radius 2 is 2.00 bits per heavy atom. The van der Waals surface area contributed by atoms with Crippen molar-refractivity contribution >= 4 is 11.9 Å². The van der Waals surface area contributed by atoms with E-state index in [-0.39, 0.29) is 18.1 Å². The van der Waals surface area contributed by atoms with Crippen LogP contribution in [0.4, 0.5) is 11.9 Å². The molecule has 102 valence electrons. The number of methoxy groups -OCH3 is 1. The summed E-state index contributed by atoms with van der Waals surface area (Å²) < 4.78 is 10.3. The van der Waals surface area contributed by atoms with E-state index in [0.717, 1.165) is 26.0 Å². The van der Waals surface area contributed by atoms with Crippen LogP contribution in [0.5, 0.6) is 6.01 Å². The normalized spacial score (nSPS) is 10.7. The highest BCUT2D eigenvalue weighted by molar-refractivity contribution is 5.32. The van der Waals surface area contributed by atoms with Gasteiger partial charge in [-0.3, -0.25) is 0 Å². The van der Waals surface area contributed by atoms with Gasteiger partial charge < -0.3 is 20.5 Å². The monoisotopic (exact) mass is 255 g/mol. The maximum absolute atomic E-state index is 5.58. The number of nitrogen functional groups attached to an aromatic ring is 1. The Morgan fingerprint density at radius 1 is 1.22 bits per heavy atom. The number of hydrogen-bond acceptors (Lipinski definition) is 7. The molecular formula is C11H21N5O2. The maximum atomic E-state index is 5.58. The van der Waals surface area contributed by atoms with Crippen molar-refractivity contribution < 1.29 is 9.47 Å². The highest BCUT2D eigenvalue weighted by Crippen LogP contribution is 2.10. The third kappa shape index (κ3) is 5.62. The second kappa shape index (κ2) is 7.65. The highest BCUT2D eigenvalue weighted by Gasteiger charge is 2.06. The Balaban J connectivity index is 2.46. The molecule has 0 bridgehead atoms. The minimum absolute atomic E-state index is 0.00125. The number of anilines is 2. The topological polar surface area (TPSA) is 95.2 Å². The number of rotatable bonds is 8. The molecule has 0 spiro atoms. The molecular weight excluding hydrogens is 234 g/mol. The fraction of sp³-hybridized carbons (Fsp3) is 0.727. The van der Waals surface area contributed by atoms with Crippen molar-refractivity contribution in [1.29, 1.82) is 0 Å². The third-order valence-corrected chi connectivity index (χ3v) is 2.03. The van der Waals surface area contributed by atoms with Gasteiger partial charge in [0.1, 0.15) is 0 Å². The van der Waals surface area contributed by atoms with E-state index in [0.29, 0.717) is 5.95 Å². The van der Waals surface area contributed by atoms with Gasteiger partial charge in [0.2, 0.25) is 11.9 Å². The number of nitrogens with one attached hydrogen (secondary N) is 1. The summed E-state index contributed by atoms with van der Waals surface area (Å²) in [5.41, 5.74) is 5.58. The number of ether oxygens (including phenoxy) is 2. The average Bonchev–Trinajstić information content (AvgIpc) is 2.27. The van der Waals surface area contributed by atoms with Gasteiger partial charge in [0, 0.05) is 20.3 Å². The fourth-order valence-corrected chi connectivity index (χ4v) is 1.29. The van der Waals surface area contributed by atoms with Crippen molar-refractivity contribution in [2.24, 2.45) is 0 Å². The van der Waals surface area contributed by atoms with Crippen LogP contribution in [0.2, 0.25) is 0 Å². The molecule has 0 saturated carbocycles. The summed E-state index contributed by atoms with van der Waals surface area (Å²) in [4.78, 5) is 12.0. The molecule has 0 fully saturated rings. The molecule has 0 aliphatic carbocycles. The number of aromatic nitrogens is 3. The van der Waals surface area contributed by atoms with Crippen molar-refractivity contribution in [1.82, 2.24) is 15.0 Å². The van der Waals surface area contributed by atoms with Gasteiger partial charge in [-0.25, -0.2) is 0 Å². The lowest BCUT2D eigenvalue weighted by atomic mass is 10.3. The first kappa shape index (κ1) is 14.4. The van der Waals surface area contributed by atoms with Gasteiger partial charge in [-0.1, -0.05) is 0 Å². The van der Waals surface area contributed by atoms with E-state index < -0.39 is 0 Å². The molecule has 0 atom stereocenters. The van der Waals surface area contributed by atoms with Crippen molar-refractivity contribution in [3.63, 3.8) is 0 Å². The van der Waals surface area contributed by atoms with Crippen LogP contribution in [-0.4, -0.2) is 41.3 Å². The van der Waals surface area contributed by atoms with Gasteiger partial charge in [0.15, 0.2) is 0 Å². The molecule has 0 aliphatic heterocycles. The molecule has 18 heavy (non-hydrogen) atoms. The summed E-state index contributed by atoms with van der Waals surface area (Å²) in [6, 6.07) is 0.247. The molecule has 7 heteroatoms. The van der Waals surface area contributed by atoms with Crippen molar-refractivity contribution in [3.05, 3.63) is 0 Å². The first-order valence-electron chi connectivity index (χ1n) is 6.03. The van der Waals surface area contributed by atoms with E-state index in [1.807, 2.05) is 13.8 Å². The highest BCUT2D eigenvalue weighted by atomic mass is 16.5. The van der Waals surface area contributed by atoms with Crippen LogP contribution in [0.15, 0.2) is 0 Å². The second-order valence-corrected chi connectivity index (χ2v) is 4.09. The predicted octanol–water partition coefficient (Wildman–Crippen LogP) is 1.08. The van der Waals surface area contributed by atoms with E-state index in [1.54, 1.807) is 7.11 Å². The Morgan fingerprint density at radius 3 is 2.67 bits per heavy atom. The molecule has 3 N–H and O–H groups in total. The Kier molecular flexibility index (Phi) is 6.13. The maximum Gasteiger partial charge on any atom is 0.323 e. The first-order valence-corrected chi connectivity index (χ1v) is 6.03. The van der Waals surface area contributed by atoms with Gasteiger partial charge in [-0.2, -0.15) is 15.0 Å². The molecule has 7 nitrogen and oxygen atoms in total. The molecule has 1 aromatic heterocycles. The van der Waals surface area contributed by atoms with Crippen LogP contribution < -0.4 is 15.8 Å². The second-order valence-electron chi connectivity index (χ2n) is 4.09. The van der Waals surface area contributed by atoms with Gasteiger partial charge >= 0.3 is 6.01 Å². The number of nitrogens with two attached hydrogens (primary N) is 1. The van der Waals surface area contributed by atoms with Crippen molar-refractivity contribution in [2.75, 3.05) is 31.3 Å². The van der Waals surface area contributed by atoms with Gasteiger partial charge in [0.25, 0.3) is 0 Å². The number of unbranched alkanes of at least 4 members (excludes halogenated alkanes) is 1. The summed E-state index contributed by atoms with van der Waals surface area (Å²) in [7, 11) is 1.69. The van der Waals surface area contributed by atoms with Crippen LogP contribution in [0.3, 0.4) is 0 Å². The number of nitrogens with zero attached hydrogens (tertiary/aromatic N) is 3. The quantitative estimate of drug-likeness (QED) is 0.671. The molecule has 1 aromatic rings. The Hall–Kier alpha value is -1.63. The lowest BCUT2D eigenvalue weighted by Gasteiger charge is -2.10. The van der Waals surface area contributed by atoms with Crippen LogP contribution in [0, 0.1) is 0 Å². The standard InChI is InChI=1S/C11H21N5O2/c1-8(2)18-11-15-9(12)14-10(16-11)13-6-4-5-7-17-3/h8H,4-7H2,1-3H3,(H3,12,13,14,15,16). The smallest absolute Gasteiger partial charge is 0.323 e. The molecule has 1 heterocycles. The molecule has 0 unspecified atom stereocenters. The summed E-state index contributed by atoms with van der Waals surface area (Å²) in [6.45, 7) is 5.31. The van der Waals surface area contributed by atoms with E-state index in [9.17, 15) is 0 Å². The SMILES string of the molecule is COCCCCNc1nc(N)nc(OC(C)C)n1. The van der Waals surface area contributed by atoms with E-state index in [2.05, 4.69) is 20.3 Å². The van der Waals surface area contributed by atoms with E-state index in [1.165, 1.54) is 0 Å². The zero-order valence-corrected chi connectivity index (χ0v) is 11.1. The summed E-state index contributed by atoms with van der Waals surface area (Å²) in [5.74, 6) is 0.593. The average molecular weight is 255 g/mol. The van der Waals surface area contributed by atoms with Crippen LogP contribution >= 0.6 is 0 Å². The van der Waals surface area contributed by atoms with Gasteiger partial charge in [-0.15, -0.1) is 0 Å². The van der Waals surface area contributed by atoms with Gasteiger partial charge in [-0.05, 0) is 26.7 Å². The van der Waals surface area contributed by atoms with E-state index >= 15 is 0 Å². The third-order valence-electron chi connectivity index (χ3n) is 2.03. The molecule has 1 rings (SSSR count). The van der Waals surface area contributed by atoms with Crippen LogP contribution in [0.1, 0.15) is 26.7 Å². The summed E-state index contributed by atoms with van der Waals surface area (Å²) in [6.07, 6.45) is 1.96. The fourth-order valence-electron chi connectivity index (χ4n) is 1.29. The number of hydrogen-bond donors (Lipinski definition) is 2. The van der Waals surface area contributed by atoms with Gasteiger partial charge in [0.05, 0.1) is 6.10 Å². The molecule has 0 radical (unpaired) electrons. The zero-order chi connectivity index (χ0) is 13.4. The lowest BCUT2D eigenvalue weighted by Crippen LogP contribution is -2.13. The summed E-state index contributed by atoms with van der Waals surface area (Å²) in [5, 5.41) is 3.08. The van der Waals surface area contributed by atoms with Crippen LogP contribution in [-0.2, 0) is 4.74 Å².